The minimum Gasteiger partial charge on any atom is -0.497 e. The molecule has 0 aliphatic carbocycles. The molecule has 2 aromatic carbocycles. The number of amides is 1. The summed E-state index contributed by atoms with van der Waals surface area (Å²) in [5.41, 5.74) is 1.26. The fraction of sp³-hybridized carbons (Fsp3) is 0.278. The fourth-order valence-electron chi connectivity index (χ4n) is 2.83. The van der Waals surface area contributed by atoms with Gasteiger partial charge >= 0.3 is 8.18 Å². The summed E-state index contributed by atoms with van der Waals surface area (Å²) >= 11 is 0. The molecule has 2 aromatic rings. The van der Waals surface area contributed by atoms with E-state index in [9.17, 15) is 14.6 Å². The standard InChI is InChI=1S/C18H20N2O5P/c1-24-16-9-7-15(8-10-16)20(22)18(21)13-19-17(11-12-25-26(19)23)14-5-3-2-4-6-14/h2-10,17,22H,11-13H2,1H3/q+1. The van der Waals surface area contributed by atoms with E-state index in [1.807, 2.05) is 30.3 Å². The van der Waals surface area contributed by atoms with Crippen LogP contribution in [0.2, 0.25) is 0 Å². The molecule has 1 aliphatic rings. The molecule has 0 aromatic heterocycles. The van der Waals surface area contributed by atoms with E-state index >= 15 is 0 Å². The van der Waals surface area contributed by atoms with E-state index < -0.39 is 14.1 Å². The molecule has 2 atom stereocenters. The van der Waals surface area contributed by atoms with Gasteiger partial charge in [-0.25, -0.2) is 0 Å². The molecular formula is C18H20N2O5P+. The summed E-state index contributed by atoms with van der Waals surface area (Å²) in [6.07, 6.45) is 0.617. The van der Waals surface area contributed by atoms with Gasteiger partial charge < -0.3 is 4.74 Å². The first-order chi connectivity index (χ1) is 12.6. The number of nitrogens with zero attached hydrogens (tertiary/aromatic N) is 2. The molecule has 26 heavy (non-hydrogen) atoms. The normalized spacial score (nSPS) is 19.2. The van der Waals surface area contributed by atoms with E-state index in [-0.39, 0.29) is 12.6 Å². The van der Waals surface area contributed by atoms with Crippen molar-refractivity contribution in [1.29, 1.82) is 0 Å². The molecule has 1 heterocycles. The lowest BCUT2D eigenvalue weighted by Crippen LogP contribution is -2.39. The molecule has 1 amide bonds. The highest BCUT2D eigenvalue weighted by molar-refractivity contribution is 7.36. The second-order valence-electron chi connectivity index (χ2n) is 5.79. The number of ether oxygens (including phenoxy) is 1. The van der Waals surface area contributed by atoms with Gasteiger partial charge in [0.05, 0.1) is 18.8 Å². The Balaban J connectivity index is 1.75. The van der Waals surface area contributed by atoms with Crippen molar-refractivity contribution < 1.29 is 23.8 Å². The monoisotopic (exact) mass is 375 g/mol. The summed E-state index contributed by atoms with van der Waals surface area (Å²) < 4.78 is 24.1. The van der Waals surface area contributed by atoms with Gasteiger partial charge in [0.1, 0.15) is 18.9 Å². The first-order valence-corrected chi connectivity index (χ1v) is 9.30. The maximum Gasteiger partial charge on any atom is 0.616 e. The van der Waals surface area contributed by atoms with Crippen LogP contribution in [0.15, 0.2) is 54.6 Å². The summed E-state index contributed by atoms with van der Waals surface area (Å²) in [4.78, 5) is 12.5. The molecule has 1 saturated heterocycles. The first kappa shape index (κ1) is 18.5. The van der Waals surface area contributed by atoms with E-state index in [0.717, 1.165) is 5.56 Å². The Hall–Kier alpha value is -2.31. The summed E-state index contributed by atoms with van der Waals surface area (Å²) in [5.74, 6) is 0.0243. The Morgan fingerprint density at radius 1 is 1.27 bits per heavy atom. The molecule has 3 rings (SSSR count). The summed E-state index contributed by atoms with van der Waals surface area (Å²) in [6.45, 7) is 0.137. The highest BCUT2D eigenvalue weighted by atomic mass is 31.1. The quantitative estimate of drug-likeness (QED) is 0.489. The Bertz CT molecular complexity index is 769. The van der Waals surface area contributed by atoms with Crippen LogP contribution in [0.3, 0.4) is 0 Å². The van der Waals surface area contributed by atoms with Gasteiger partial charge in [-0.3, -0.25) is 10.0 Å². The molecule has 1 aliphatic heterocycles. The molecule has 136 valence electrons. The number of benzene rings is 2. The molecule has 0 bridgehead atoms. The smallest absolute Gasteiger partial charge is 0.497 e. The number of rotatable bonds is 5. The minimum absolute atomic E-state index is 0.207. The van der Waals surface area contributed by atoms with Gasteiger partial charge in [0, 0.05) is 0 Å². The maximum absolute atomic E-state index is 12.5. The van der Waals surface area contributed by atoms with Crippen molar-refractivity contribution in [3.05, 3.63) is 60.2 Å². The van der Waals surface area contributed by atoms with Crippen LogP contribution in [0.5, 0.6) is 5.75 Å². The van der Waals surface area contributed by atoms with Crippen LogP contribution in [0, 0.1) is 0 Å². The number of carbonyl (C=O) groups excluding carboxylic acids is 1. The van der Waals surface area contributed by atoms with Gasteiger partial charge in [-0.05, 0) is 40.8 Å². The predicted molar refractivity (Wildman–Crippen MR) is 96.3 cm³/mol. The summed E-state index contributed by atoms with van der Waals surface area (Å²) in [6, 6.07) is 15.8. The minimum atomic E-state index is -2.15. The van der Waals surface area contributed by atoms with Crippen molar-refractivity contribution in [2.24, 2.45) is 0 Å². The number of anilines is 1. The lowest BCUT2D eigenvalue weighted by atomic mass is 10.0. The zero-order valence-corrected chi connectivity index (χ0v) is 15.2. The molecule has 1 N–H and O–H groups in total. The topological polar surface area (TPSA) is 79.3 Å². The number of methoxy groups -OCH3 is 1. The zero-order valence-electron chi connectivity index (χ0n) is 14.3. The largest absolute Gasteiger partial charge is 0.616 e. The molecule has 8 heteroatoms. The van der Waals surface area contributed by atoms with Crippen molar-refractivity contribution in [2.45, 2.75) is 12.5 Å². The second kappa shape index (κ2) is 8.38. The molecule has 1 fully saturated rings. The lowest BCUT2D eigenvalue weighted by molar-refractivity contribution is -0.124. The van der Waals surface area contributed by atoms with Gasteiger partial charge in [0.15, 0.2) is 0 Å². The van der Waals surface area contributed by atoms with E-state index in [2.05, 4.69) is 0 Å². The average Bonchev–Trinajstić information content (AvgIpc) is 2.69. The average molecular weight is 375 g/mol. The van der Waals surface area contributed by atoms with Gasteiger partial charge in [0.2, 0.25) is 0 Å². The SMILES string of the molecule is COc1ccc(N(O)C(=O)CN2C(c3ccccc3)CCO[P+]2=O)cc1. The van der Waals surface area contributed by atoms with Crippen molar-refractivity contribution in [1.82, 2.24) is 4.67 Å². The lowest BCUT2D eigenvalue weighted by Gasteiger charge is -2.25. The number of hydroxylamine groups is 1. The first-order valence-electron chi connectivity index (χ1n) is 8.17. The predicted octanol–water partition coefficient (Wildman–Crippen LogP) is 3.54. The Morgan fingerprint density at radius 3 is 2.62 bits per heavy atom. The third-order valence-corrected chi connectivity index (χ3v) is 5.44. The van der Waals surface area contributed by atoms with E-state index in [4.69, 9.17) is 9.26 Å². The van der Waals surface area contributed by atoms with Gasteiger partial charge in [0.25, 0.3) is 5.91 Å². The Labute approximate surface area is 152 Å². The maximum atomic E-state index is 12.5. The van der Waals surface area contributed by atoms with Crippen LogP contribution in [-0.2, 0) is 13.9 Å². The van der Waals surface area contributed by atoms with E-state index in [0.29, 0.717) is 29.5 Å². The van der Waals surface area contributed by atoms with Crippen LogP contribution in [0.1, 0.15) is 18.0 Å². The molecule has 0 spiro atoms. The van der Waals surface area contributed by atoms with Gasteiger partial charge in [-0.15, -0.1) is 4.52 Å². The van der Waals surface area contributed by atoms with Crippen LogP contribution in [0.4, 0.5) is 5.69 Å². The number of hydrogen-bond acceptors (Lipinski definition) is 5. The van der Waals surface area contributed by atoms with Crippen molar-refractivity contribution in [3.63, 3.8) is 0 Å². The van der Waals surface area contributed by atoms with Gasteiger partial charge in [-0.1, -0.05) is 35.0 Å². The van der Waals surface area contributed by atoms with Crippen molar-refractivity contribution in [2.75, 3.05) is 25.3 Å². The Morgan fingerprint density at radius 2 is 1.96 bits per heavy atom. The summed E-state index contributed by atoms with van der Waals surface area (Å²) in [5, 5.41) is 10.8. The van der Waals surface area contributed by atoms with Crippen LogP contribution in [0.25, 0.3) is 0 Å². The molecule has 0 saturated carbocycles. The van der Waals surface area contributed by atoms with Crippen LogP contribution in [-0.4, -0.2) is 36.0 Å². The highest BCUT2D eigenvalue weighted by Gasteiger charge is 2.44. The molecule has 7 nitrogen and oxygen atoms in total. The number of carbonyl (C=O) groups is 1. The Kier molecular flexibility index (Phi) is 5.96. The van der Waals surface area contributed by atoms with E-state index in [1.54, 1.807) is 24.3 Å². The van der Waals surface area contributed by atoms with Crippen molar-refractivity contribution >= 4 is 19.8 Å². The molecule has 0 radical (unpaired) electrons. The van der Waals surface area contributed by atoms with Gasteiger partial charge in [-0.2, -0.15) is 5.06 Å². The number of hydrogen-bond donors (Lipinski definition) is 1. The summed E-state index contributed by atoms with van der Waals surface area (Å²) in [7, 11) is -0.612. The zero-order chi connectivity index (χ0) is 18.5. The molecule has 2 unspecified atom stereocenters. The second-order valence-corrected chi connectivity index (χ2v) is 7.04. The van der Waals surface area contributed by atoms with Crippen LogP contribution >= 0.6 is 8.18 Å². The molecular weight excluding hydrogens is 355 g/mol. The van der Waals surface area contributed by atoms with E-state index in [1.165, 1.54) is 11.8 Å². The third-order valence-electron chi connectivity index (χ3n) is 4.20. The third kappa shape index (κ3) is 4.08. The van der Waals surface area contributed by atoms with Crippen molar-refractivity contribution in [3.8, 4) is 5.75 Å². The highest BCUT2D eigenvalue weighted by Crippen LogP contribution is 2.43. The van der Waals surface area contributed by atoms with Crippen LogP contribution < -0.4 is 9.80 Å². The fourth-order valence-corrected chi connectivity index (χ4v) is 3.96.